The summed E-state index contributed by atoms with van der Waals surface area (Å²) in [4.78, 5) is 27.7. The van der Waals surface area contributed by atoms with Crippen molar-refractivity contribution >= 4 is 22.4 Å². The van der Waals surface area contributed by atoms with Gasteiger partial charge in [0.05, 0.1) is 11.1 Å². The van der Waals surface area contributed by atoms with Crippen molar-refractivity contribution in [3.05, 3.63) is 69.9 Å². The van der Waals surface area contributed by atoms with E-state index in [2.05, 4.69) is 5.10 Å². The molecule has 0 aliphatic carbocycles. The second-order valence-electron chi connectivity index (χ2n) is 7.58. The number of benzene rings is 2. The second kappa shape index (κ2) is 7.19. The Kier molecular flexibility index (Phi) is 4.71. The van der Waals surface area contributed by atoms with Crippen LogP contribution in [0.1, 0.15) is 36.3 Å². The molecule has 1 aliphatic heterocycles. The molecule has 1 amide bonds. The zero-order chi connectivity index (χ0) is 19.8. The third-order valence-electron chi connectivity index (χ3n) is 5.02. The molecule has 0 bridgehead atoms. The molecule has 0 N–H and O–H groups in total. The second-order valence-corrected chi connectivity index (χ2v) is 7.58. The molecular formula is C22H22FN3O2. The van der Waals surface area contributed by atoms with Crippen molar-refractivity contribution in [3.8, 4) is 0 Å². The Bertz CT molecular complexity index is 1120. The molecule has 28 heavy (non-hydrogen) atoms. The number of anilines is 1. The number of halogens is 1. The lowest BCUT2D eigenvalue weighted by Crippen LogP contribution is -2.38. The maximum Gasteiger partial charge on any atom is 0.279 e. The van der Waals surface area contributed by atoms with Crippen LogP contribution in [-0.2, 0) is 13.0 Å². The molecule has 0 atom stereocenters. The van der Waals surface area contributed by atoms with E-state index in [0.29, 0.717) is 29.5 Å². The molecule has 0 fully saturated rings. The Labute approximate surface area is 162 Å². The molecule has 2 heterocycles. The maximum absolute atomic E-state index is 14.6. The normalized spacial score (nSPS) is 13.8. The number of aromatic nitrogens is 2. The summed E-state index contributed by atoms with van der Waals surface area (Å²) in [5, 5.41) is 5.36. The highest BCUT2D eigenvalue weighted by Gasteiger charge is 2.29. The molecule has 0 saturated carbocycles. The lowest BCUT2D eigenvalue weighted by atomic mass is 10.0. The minimum Gasteiger partial charge on any atom is -0.304 e. The van der Waals surface area contributed by atoms with Crippen LogP contribution in [0.4, 0.5) is 10.1 Å². The fourth-order valence-corrected chi connectivity index (χ4v) is 3.80. The molecule has 2 aromatic carbocycles. The van der Waals surface area contributed by atoms with Crippen molar-refractivity contribution in [2.45, 2.75) is 33.2 Å². The number of nitrogens with zero attached hydrogens (tertiary/aromatic N) is 3. The first-order valence-corrected chi connectivity index (χ1v) is 9.56. The van der Waals surface area contributed by atoms with Crippen molar-refractivity contribution in [1.29, 1.82) is 0 Å². The maximum atomic E-state index is 14.6. The first-order chi connectivity index (χ1) is 13.5. The SMILES string of the molecule is CC(C)Cn1nc(C(=O)N2CCCc3cccc(F)c32)c2ccccc2c1=O. The monoisotopic (exact) mass is 379 g/mol. The fourth-order valence-electron chi connectivity index (χ4n) is 3.80. The van der Waals surface area contributed by atoms with Crippen LogP contribution in [0.3, 0.4) is 0 Å². The van der Waals surface area contributed by atoms with Gasteiger partial charge in [0, 0.05) is 18.5 Å². The van der Waals surface area contributed by atoms with E-state index >= 15 is 0 Å². The minimum atomic E-state index is -0.412. The number of rotatable bonds is 3. The summed E-state index contributed by atoms with van der Waals surface area (Å²) in [6.45, 7) is 4.81. The van der Waals surface area contributed by atoms with Crippen LogP contribution in [0, 0.1) is 11.7 Å². The predicted molar refractivity (Wildman–Crippen MR) is 107 cm³/mol. The minimum absolute atomic E-state index is 0.187. The van der Waals surface area contributed by atoms with Crippen LogP contribution in [-0.4, -0.2) is 22.2 Å². The van der Waals surface area contributed by atoms with E-state index in [1.54, 1.807) is 30.3 Å². The van der Waals surface area contributed by atoms with Crippen LogP contribution in [0.15, 0.2) is 47.3 Å². The number of aryl methyl sites for hydroxylation is 1. The highest BCUT2D eigenvalue weighted by atomic mass is 19.1. The predicted octanol–water partition coefficient (Wildman–Crippen LogP) is 3.78. The molecule has 0 unspecified atom stereocenters. The van der Waals surface area contributed by atoms with Crippen molar-refractivity contribution in [3.63, 3.8) is 0 Å². The van der Waals surface area contributed by atoms with Crippen LogP contribution in [0.2, 0.25) is 0 Å². The van der Waals surface area contributed by atoms with Crippen LogP contribution in [0.5, 0.6) is 0 Å². The molecule has 1 aliphatic rings. The van der Waals surface area contributed by atoms with Gasteiger partial charge in [-0.05, 0) is 36.5 Å². The van der Waals surface area contributed by atoms with Gasteiger partial charge < -0.3 is 4.90 Å². The van der Waals surface area contributed by atoms with Gasteiger partial charge in [-0.2, -0.15) is 5.10 Å². The summed E-state index contributed by atoms with van der Waals surface area (Å²) in [6, 6.07) is 11.9. The van der Waals surface area contributed by atoms with Gasteiger partial charge in [0.25, 0.3) is 11.5 Å². The third kappa shape index (κ3) is 3.09. The molecule has 1 aromatic heterocycles. The highest BCUT2D eigenvalue weighted by molar-refractivity contribution is 6.12. The highest BCUT2D eigenvalue weighted by Crippen LogP contribution is 2.31. The number of fused-ring (bicyclic) bond motifs is 2. The molecule has 5 nitrogen and oxygen atoms in total. The average molecular weight is 379 g/mol. The van der Waals surface area contributed by atoms with Crippen LogP contribution in [0.25, 0.3) is 10.8 Å². The number of para-hydroxylation sites is 1. The van der Waals surface area contributed by atoms with Gasteiger partial charge in [-0.3, -0.25) is 9.59 Å². The quantitative estimate of drug-likeness (QED) is 0.696. The number of amides is 1. The molecule has 6 heteroatoms. The number of carbonyl (C=O) groups excluding carboxylic acids is 1. The van der Waals surface area contributed by atoms with Gasteiger partial charge in [-0.25, -0.2) is 9.07 Å². The summed E-state index contributed by atoms with van der Waals surface area (Å²) < 4.78 is 15.9. The van der Waals surface area contributed by atoms with Gasteiger partial charge in [-0.15, -0.1) is 0 Å². The third-order valence-corrected chi connectivity index (χ3v) is 5.02. The molecule has 4 rings (SSSR count). The molecule has 0 saturated heterocycles. The largest absolute Gasteiger partial charge is 0.304 e. The Morgan fingerprint density at radius 2 is 1.89 bits per heavy atom. The van der Waals surface area contributed by atoms with Crippen LogP contribution < -0.4 is 10.5 Å². The van der Waals surface area contributed by atoms with E-state index in [9.17, 15) is 14.0 Å². The summed E-state index contributed by atoms with van der Waals surface area (Å²) in [6.07, 6.45) is 1.49. The van der Waals surface area contributed by atoms with E-state index in [1.165, 1.54) is 15.6 Å². The Hall–Kier alpha value is -3.02. The zero-order valence-corrected chi connectivity index (χ0v) is 16.0. The summed E-state index contributed by atoms with van der Waals surface area (Å²) in [5.41, 5.74) is 1.11. The van der Waals surface area contributed by atoms with E-state index in [-0.39, 0.29) is 23.1 Å². The van der Waals surface area contributed by atoms with E-state index < -0.39 is 5.82 Å². The lowest BCUT2D eigenvalue weighted by molar-refractivity contribution is 0.0978. The number of hydrogen-bond acceptors (Lipinski definition) is 3. The van der Waals surface area contributed by atoms with E-state index in [4.69, 9.17) is 0 Å². The summed E-state index contributed by atoms with van der Waals surface area (Å²) in [7, 11) is 0. The van der Waals surface area contributed by atoms with Gasteiger partial charge in [-0.1, -0.05) is 44.2 Å². The van der Waals surface area contributed by atoms with Gasteiger partial charge in [0.1, 0.15) is 5.82 Å². The molecule has 144 valence electrons. The standard InChI is InChI=1S/C22H22FN3O2/c1-14(2)13-26-21(27)17-10-4-3-9-16(17)19(24-26)22(28)25-12-6-8-15-7-5-11-18(23)20(15)25/h3-5,7,9-11,14H,6,8,12-13H2,1-2H3. The van der Waals surface area contributed by atoms with E-state index in [1.807, 2.05) is 19.9 Å². The molecule has 3 aromatic rings. The first kappa shape index (κ1) is 18.3. The first-order valence-electron chi connectivity index (χ1n) is 9.56. The summed E-state index contributed by atoms with van der Waals surface area (Å²) >= 11 is 0. The average Bonchev–Trinajstić information content (AvgIpc) is 2.69. The molecule has 0 spiro atoms. The van der Waals surface area contributed by atoms with Crippen molar-refractivity contribution in [1.82, 2.24) is 9.78 Å². The van der Waals surface area contributed by atoms with Gasteiger partial charge >= 0.3 is 0 Å². The lowest BCUT2D eigenvalue weighted by Gasteiger charge is -2.30. The van der Waals surface area contributed by atoms with Gasteiger partial charge in [0.15, 0.2) is 5.69 Å². The van der Waals surface area contributed by atoms with Crippen molar-refractivity contribution < 1.29 is 9.18 Å². The Balaban J connectivity index is 1.90. The number of carbonyl (C=O) groups is 1. The van der Waals surface area contributed by atoms with Gasteiger partial charge in [0.2, 0.25) is 0 Å². The van der Waals surface area contributed by atoms with E-state index in [0.717, 1.165) is 18.4 Å². The zero-order valence-electron chi connectivity index (χ0n) is 16.0. The number of hydrogen-bond donors (Lipinski definition) is 0. The molecule has 0 radical (unpaired) electrons. The Morgan fingerprint density at radius 1 is 1.14 bits per heavy atom. The van der Waals surface area contributed by atoms with Crippen molar-refractivity contribution in [2.75, 3.05) is 11.4 Å². The Morgan fingerprint density at radius 3 is 2.64 bits per heavy atom. The van der Waals surface area contributed by atoms with Crippen LogP contribution >= 0.6 is 0 Å². The topological polar surface area (TPSA) is 55.2 Å². The summed E-state index contributed by atoms with van der Waals surface area (Å²) in [5.74, 6) is -0.590. The fraction of sp³-hybridized carbons (Fsp3) is 0.318. The smallest absolute Gasteiger partial charge is 0.279 e. The van der Waals surface area contributed by atoms with Crippen molar-refractivity contribution in [2.24, 2.45) is 5.92 Å². The molecular weight excluding hydrogens is 357 g/mol.